The zero-order chi connectivity index (χ0) is 24.0. The average Bonchev–Trinajstić information content (AvgIpc) is 2.73. The number of halogens is 1. The van der Waals surface area contributed by atoms with Crippen LogP contribution in [0.1, 0.15) is 45.7 Å². The third kappa shape index (κ3) is 7.93. The molecule has 1 heterocycles. The van der Waals surface area contributed by atoms with Crippen LogP contribution in [0.2, 0.25) is 0 Å². The van der Waals surface area contributed by atoms with E-state index >= 15 is 0 Å². The molecule has 0 spiro atoms. The summed E-state index contributed by atoms with van der Waals surface area (Å²) < 4.78 is 31.4. The fourth-order valence-corrected chi connectivity index (χ4v) is 3.53. The van der Waals surface area contributed by atoms with Crippen molar-refractivity contribution in [2.24, 2.45) is 0 Å². The van der Waals surface area contributed by atoms with Crippen LogP contribution in [-0.2, 0) is 17.9 Å². The first-order valence-electron chi connectivity index (χ1n) is 11.5. The molecule has 0 atom stereocenters. The maximum Gasteiger partial charge on any atom is 0.410 e. The van der Waals surface area contributed by atoms with Gasteiger partial charge in [0.2, 0.25) is 0 Å². The largest absolute Gasteiger partial charge is 0.491 e. The van der Waals surface area contributed by atoms with Crippen LogP contribution >= 0.6 is 0 Å². The Balaban J connectivity index is 1.47. The van der Waals surface area contributed by atoms with Crippen LogP contribution in [0.3, 0.4) is 0 Å². The van der Waals surface area contributed by atoms with Crippen molar-refractivity contribution in [2.75, 3.05) is 26.2 Å². The van der Waals surface area contributed by atoms with Gasteiger partial charge in [-0.25, -0.2) is 9.18 Å². The zero-order valence-electron chi connectivity index (χ0n) is 20.3. The molecule has 1 saturated heterocycles. The third-order valence-electron chi connectivity index (χ3n) is 5.14. The number of hydrogen-bond donors (Lipinski definition) is 0. The van der Waals surface area contributed by atoms with E-state index < -0.39 is 5.60 Å². The summed E-state index contributed by atoms with van der Waals surface area (Å²) in [7, 11) is 0. The first-order valence-corrected chi connectivity index (χ1v) is 11.5. The highest BCUT2D eigenvalue weighted by molar-refractivity contribution is 5.68. The molecule has 2 aromatic carbocycles. The Kier molecular flexibility index (Phi) is 8.19. The van der Waals surface area contributed by atoms with Crippen molar-refractivity contribution in [1.29, 1.82) is 0 Å². The third-order valence-corrected chi connectivity index (χ3v) is 5.14. The van der Waals surface area contributed by atoms with Crippen molar-refractivity contribution in [2.45, 2.75) is 59.5 Å². The van der Waals surface area contributed by atoms with Crippen molar-refractivity contribution in [1.82, 2.24) is 9.80 Å². The van der Waals surface area contributed by atoms with Crippen molar-refractivity contribution in [3.63, 3.8) is 0 Å². The Morgan fingerprint density at radius 3 is 2.21 bits per heavy atom. The molecule has 1 aliphatic rings. The van der Waals surface area contributed by atoms with Gasteiger partial charge in [-0.1, -0.05) is 12.1 Å². The van der Waals surface area contributed by atoms with E-state index in [0.29, 0.717) is 30.9 Å². The molecule has 0 aromatic heterocycles. The standard InChI is InChI=1S/C26H35FN2O4/c1-19(2)32-23-10-8-22(9-11-23)31-18-21-7-6-20(16-24(21)27)17-28-12-14-29(15-13-28)25(30)33-26(3,4)5/h6-11,16,19H,12-15,17-18H2,1-5H3. The highest BCUT2D eigenvalue weighted by atomic mass is 19.1. The van der Waals surface area contributed by atoms with Gasteiger partial charge in [-0.3, -0.25) is 4.90 Å². The van der Waals surface area contributed by atoms with Crippen LogP contribution in [0.25, 0.3) is 0 Å². The summed E-state index contributed by atoms with van der Waals surface area (Å²) in [6.07, 6.45) is -0.169. The molecular weight excluding hydrogens is 423 g/mol. The Hall–Kier alpha value is -2.80. The Morgan fingerprint density at radius 2 is 1.64 bits per heavy atom. The van der Waals surface area contributed by atoms with Crippen molar-refractivity contribution in [3.8, 4) is 11.5 Å². The number of rotatable bonds is 7. The van der Waals surface area contributed by atoms with Gasteiger partial charge in [0, 0.05) is 38.3 Å². The number of benzene rings is 2. The summed E-state index contributed by atoms with van der Waals surface area (Å²) >= 11 is 0. The van der Waals surface area contributed by atoms with Gasteiger partial charge in [-0.05, 0) is 70.5 Å². The minimum atomic E-state index is -0.497. The van der Waals surface area contributed by atoms with Gasteiger partial charge in [0.25, 0.3) is 0 Å². The topological polar surface area (TPSA) is 51.2 Å². The number of carbonyl (C=O) groups excluding carboxylic acids is 1. The fourth-order valence-electron chi connectivity index (χ4n) is 3.53. The normalized spacial score (nSPS) is 14.9. The van der Waals surface area contributed by atoms with Crippen molar-refractivity contribution < 1.29 is 23.4 Å². The number of amides is 1. The highest BCUT2D eigenvalue weighted by Gasteiger charge is 2.25. The summed E-state index contributed by atoms with van der Waals surface area (Å²) in [5, 5.41) is 0. The van der Waals surface area contributed by atoms with Crippen LogP contribution in [0.15, 0.2) is 42.5 Å². The number of hydrogen-bond acceptors (Lipinski definition) is 5. The molecule has 0 N–H and O–H groups in total. The molecule has 0 aliphatic carbocycles. The van der Waals surface area contributed by atoms with Crippen LogP contribution in [0.4, 0.5) is 9.18 Å². The lowest BCUT2D eigenvalue weighted by Crippen LogP contribution is -2.49. The maximum absolute atomic E-state index is 14.7. The van der Waals surface area contributed by atoms with Crippen molar-refractivity contribution >= 4 is 6.09 Å². The van der Waals surface area contributed by atoms with Gasteiger partial charge in [0.1, 0.15) is 29.5 Å². The molecule has 0 unspecified atom stereocenters. The molecule has 2 aromatic rings. The minimum absolute atomic E-state index is 0.109. The lowest BCUT2D eigenvalue weighted by molar-refractivity contribution is 0.0139. The first-order chi connectivity index (χ1) is 15.6. The van der Waals surface area contributed by atoms with E-state index in [2.05, 4.69) is 4.90 Å². The van der Waals surface area contributed by atoms with Crippen molar-refractivity contribution in [3.05, 3.63) is 59.4 Å². The monoisotopic (exact) mass is 458 g/mol. The van der Waals surface area contributed by atoms with Crippen LogP contribution in [0.5, 0.6) is 11.5 Å². The minimum Gasteiger partial charge on any atom is -0.491 e. The quantitative estimate of drug-likeness (QED) is 0.568. The van der Waals surface area contributed by atoms with E-state index in [1.165, 1.54) is 0 Å². The highest BCUT2D eigenvalue weighted by Crippen LogP contribution is 2.21. The number of nitrogens with zero attached hydrogens (tertiary/aromatic N) is 2. The summed E-state index contributed by atoms with van der Waals surface area (Å²) in [4.78, 5) is 16.1. The summed E-state index contributed by atoms with van der Waals surface area (Å²) in [5.41, 5.74) is 0.913. The van der Waals surface area contributed by atoms with Crippen LogP contribution in [-0.4, -0.2) is 53.8 Å². The van der Waals surface area contributed by atoms with Crippen LogP contribution in [0, 0.1) is 5.82 Å². The Bertz CT molecular complexity index is 917. The number of ether oxygens (including phenoxy) is 3. The molecule has 33 heavy (non-hydrogen) atoms. The lowest BCUT2D eigenvalue weighted by atomic mass is 10.1. The average molecular weight is 459 g/mol. The van der Waals surface area contributed by atoms with E-state index in [0.717, 1.165) is 24.4 Å². The molecule has 0 bridgehead atoms. The van der Waals surface area contributed by atoms with E-state index in [1.807, 2.05) is 65.0 Å². The zero-order valence-corrected chi connectivity index (χ0v) is 20.3. The van der Waals surface area contributed by atoms with Gasteiger partial charge in [0.15, 0.2) is 0 Å². The smallest absolute Gasteiger partial charge is 0.410 e. The maximum atomic E-state index is 14.7. The molecule has 1 aliphatic heterocycles. The van der Waals surface area contributed by atoms with Gasteiger partial charge < -0.3 is 19.1 Å². The molecular formula is C26H35FN2O4. The van der Waals surface area contributed by atoms with E-state index in [-0.39, 0.29) is 24.6 Å². The summed E-state index contributed by atoms with van der Waals surface area (Å²) in [6.45, 7) is 13.0. The molecule has 7 heteroatoms. The molecule has 3 rings (SSSR count). The van der Waals surface area contributed by atoms with E-state index in [4.69, 9.17) is 14.2 Å². The molecule has 0 radical (unpaired) electrons. The van der Waals surface area contributed by atoms with Gasteiger partial charge in [-0.15, -0.1) is 0 Å². The van der Waals surface area contributed by atoms with Gasteiger partial charge in [0.05, 0.1) is 6.10 Å². The van der Waals surface area contributed by atoms with Gasteiger partial charge in [-0.2, -0.15) is 0 Å². The summed E-state index contributed by atoms with van der Waals surface area (Å²) in [5.74, 6) is 1.16. The summed E-state index contributed by atoms with van der Waals surface area (Å²) in [6, 6.07) is 12.6. The molecule has 0 saturated carbocycles. The first kappa shape index (κ1) is 24.8. The number of carbonyl (C=O) groups is 1. The molecule has 1 fully saturated rings. The lowest BCUT2D eigenvalue weighted by Gasteiger charge is -2.35. The Labute approximate surface area is 196 Å². The number of piperazine rings is 1. The second-order valence-electron chi connectivity index (χ2n) is 9.60. The fraction of sp³-hybridized carbons (Fsp3) is 0.500. The SMILES string of the molecule is CC(C)Oc1ccc(OCc2ccc(CN3CCN(C(=O)OC(C)(C)C)CC3)cc2F)cc1. The Morgan fingerprint density at radius 1 is 1.00 bits per heavy atom. The second-order valence-corrected chi connectivity index (χ2v) is 9.60. The van der Waals surface area contributed by atoms with E-state index in [1.54, 1.807) is 17.0 Å². The predicted molar refractivity (Wildman–Crippen MR) is 126 cm³/mol. The van der Waals surface area contributed by atoms with Gasteiger partial charge >= 0.3 is 6.09 Å². The molecule has 1 amide bonds. The second kappa shape index (κ2) is 10.9. The van der Waals surface area contributed by atoms with Crippen LogP contribution < -0.4 is 9.47 Å². The van der Waals surface area contributed by atoms with E-state index in [9.17, 15) is 9.18 Å². The predicted octanol–water partition coefficient (Wildman–Crippen LogP) is 5.24. The molecule has 180 valence electrons. The molecule has 6 nitrogen and oxygen atoms in total.